The first-order valence-electron chi connectivity index (χ1n) is 6.52. The van der Waals surface area contributed by atoms with Gasteiger partial charge in [0.25, 0.3) is 5.91 Å². The highest BCUT2D eigenvalue weighted by atomic mass is 16.1. The first-order chi connectivity index (χ1) is 9.70. The largest absolute Gasteiger partial charge is 0.346 e. The van der Waals surface area contributed by atoms with E-state index in [0.717, 1.165) is 11.1 Å². The molecule has 0 spiro atoms. The summed E-state index contributed by atoms with van der Waals surface area (Å²) in [5, 5.41) is 11.7. The molecule has 0 aromatic heterocycles. The third kappa shape index (κ3) is 3.46. The van der Waals surface area contributed by atoms with Crippen LogP contribution in [-0.4, -0.2) is 5.91 Å². The van der Waals surface area contributed by atoms with Gasteiger partial charge in [-0.25, -0.2) is 0 Å². The summed E-state index contributed by atoms with van der Waals surface area (Å²) in [6.45, 7) is 1.95. The van der Waals surface area contributed by atoms with Gasteiger partial charge in [0.2, 0.25) is 0 Å². The molecule has 0 radical (unpaired) electrons. The molecule has 2 aromatic rings. The summed E-state index contributed by atoms with van der Waals surface area (Å²) in [7, 11) is 0. The van der Waals surface area contributed by atoms with Crippen molar-refractivity contribution in [2.24, 2.45) is 0 Å². The number of nitriles is 1. The number of hydrogen-bond donors (Lipinski definition) is 1. The number of carbonyl (C=O) groups is 1. The molecule has 2 aromatic carbocycles. The van der Waals surface area contributed by atoms with Crippen LogP contribution in [-0.2, 0) is 6.42 Å². The average Bonchev–Trinajstić information content (AvgIpc) is 2.48. The van der Waals surface area contributed by atoms with Crippen molar-refractivity contribution in [1.29, 1.82) is 5.26 Å². The molecule has 0 heterocycles. The topological polar surface area (TPSA) is 52.9 Å². The van der Waals surface area contributed by atoms with Crippen LogP contribution in [0.3, 0.4) is 0 Å². The predicted molar refractivity (Wildman–Crippen MR) is 78.1 cm³/mol. The van der Waals surface area contributed by atoms with Crippen molar-refractivity contribution in [1.82, 2.24) is 5.32 Å². The fraction of sp³-hybridized carbons (Fsp3) is 0.176. The van der Waals surface area contributed by atoms with Crippen LogP contribution in [0.1, 0.15) is 34.5 Å². The molecular formula is C17H16N2O. The van der Waals surface area contributed by atoms with Crippen LogP contribution in [0, 0.1) is 11.3 Å². The van der Waals surface area contributed by atoms with E-state index in [4.69, 9.17) is 5.26 Å². The number of amides is 1. The molecule has 3 nitrogen and oxygen atoms in total. The first-order valence-corrected chi connectivity index (χ1v) is 6.52. The van der Waals surface area contributed by atoms with Gasteiger partial charge in [-0.2, -0.15) is 5.26 Å². The minimum atomic E-state index is -0.124. The highest BCUT2D eigenvalue weighted by Crippen LogP contribution is 2.13. The van der Waals surface area contributed by atoms with Crippen LogP contribution >= 0.6 is 0 Å². The van der Waals surface area contributed by atoms with E-state index in [1.54, 1.807) is 18.2 Å². The zero-order valence-electron chi connectivity index (χ0n) is 11.3. The van der Waals surface area contributed by atoms with Gasteiger partial charge >= 0.3 is 0 Å². The van der Waals surface area contributed by atoms with Gasteiger partial charge in [-0.3, -0.25) is 4.79 Å². The molecule has 0 aliphatic carbocycles. The second-order valence-corrected chi connectivity index (χ2v) is 4.64. The molecule has 20 heavy (non-hydrogen) atoms. The number of nitrogens with one attached hydrogen (secondary N) is 1. The van der Waals surface area contributed by atoms with Gasteiger partial charge in [-0.05, 0) is 30.2 Å². The van der Waals surface area contributed by atoms with Crippen LogP contribution in [0.25, 0.3) is 0 Å². The Morgan fingerprint density at radius 2 is 1.95 bits per heavy atom. The summed E-state index contributed by atoms with van der Waals surface area (Å²) in [5.41, 5.74) is 2.50. The molecular weight excluding hydrogens is 248 g/mol. The van der Waals surface area contributed by atoms with E-state index in [-0.39, 0.29) is 11.9 Å². The molecule has 1 N–H and O–H groups in total. The lowest BCUT2D eigenvalue weighted by molar-refractivity contribution is 0.0940. The zero-order chi connectivity index (χ0) is 14.4. The van der Waals surface area contributed by atoms with Crippen molar-refractivity contribution < 1.29 is 4.79 Å². The number of nitrogens with zero attached hydrogens (tertiary/aromatic N) is 1. The normalized spacial score (nSPS) is 11.4. The lowest BCUT2D eigenvalue weighted by Gasteiger charge is -2.14. The van der Waals surface area contributed by atoms with E-state index in [0.29, 0.717) is 12.0 Å². The van der Waals surface area contributed by atoms with Crippen molar-refractivity contribution in [3.8, 4) is 6.07 Å². The Labute approximate surface area is 118 Å². The maximum Gasteiger partial charge on any atom is 0.251 e. The number of benzene rings is 2. The molecule has 0 aliphatic heterocycles. The van der Waals surface area contributed by atoms with Crippen LogP contribution in [0.4, 0.5) is 0 Å². The van der Waals surface area contributed by atoms with Crippen molar-refractivity contribution in [2.75, 3.05) is 0 Å². The maximum atomic E-state index is 12.2. The highest BCUT2D eigenvalue weighted by molar-refractivity contribution is 5.94. The van der Waals surface area contributed by atoms with E-state index in [1.165, 1.54) is 0 Å². The van der Waals surface area contributed by atoms with Crippen molar-refractivity contribution in [3.63, 3.8) is 0 Å². The molecule has 0 fully saturated rings. The quantitative estimate of drug-likeness (QED) is 0.921. The second kappa shape index (κ2) is 6.53. The third-order valence-corrected chi connectivity index (χ3v) is 3.12. The Morgan fingerprint density at radius 1 is 1.20 bits per heavy atom. The van der Waals surface area contributed by atoms with Crippen LogP contribution < -0.4 is 5.32 Å². The highest BCUT2D eigenvalue weighted by Gasteiger charge is 2.11. The molecule has 100 valence electrons. The summed E-state index contributed by atoms with van der Waals surface area (Å²) in [4.78, 5) is 12.2. The van der Waals surface area contributed by atoms with Gasteiger partial charge in [0.15, 0.2) is 0 Å². The molecule has 1 atom stereocenters. The molecule has 3 heteroatoms. The van der Waals surface area contributed by atoms with E-state index in [1.807, 2.05) is 43.3 Å². The van der Waals surface area contributed by atoms with Gasteiger partial charge in [-0.1, -0.05) is 42.5 Å². The SMILES string of the molecule is CC(NC(=O)c1cccc(CC#N)c1)c1ccccc1. The van der Waals surface area contributed by atoms with E-state index in [2.05, 4.69) is 11.4 Å². The predicted octanol–water partition coefficient (Wildman–Crippen LogP) is 3.24. The third-order valence-electron chi connectivity index (χ3n) is 3.12. The Balaban J connectivity index is 2.09. The Kier molecular flexibility index (Phi) is 4.52. The summed E-state index contributed by atoms with van der Waals surface area (Å²) >= 11 is 0. The van der Waals surface area contributed by atoms with Gasteiger partial charge in [0.05, 0.1) is 18.5 Å². The van der Waals surface area contributed by atoms with Crippen LogP contribution in [0.5, 0.6) is 0 Å². The minimum Gasteiger partial charge on any atom is -0.346 e. The smallest absolute Gasteiger partial charge is 0.251 e. The summed E-state index contributed by atoms with van der Waals surface area (Å²) < 4.78 is 0. The fourth-order valence-corrected chi connectivity index (χ4v) is 2.02. The molecule has 1 amide bonds. The molecule has 0 bridgehead atoms. The van der Waals surface area contributed by atoms with E-state index in [9.17, 15) is 4.79 Å². The van der Waals surface area contributed by atoms with Gasteiger partial charge in [0.1, 0.15) is 0 Å². The number of carbonyl (C=O) groups excluding carboxylic acids is 1. The van der Waals surface area contributed by atoms with Crippen molar-refractivity contribution in [3.05, 3.63) is 71.3 Å². The number of hydrogen-bond acceptors (Lipinski definition) is 2. The van der Waals surface area contributed by atoms with Gasteiger partial charge < -0.3 is 5.32 Å². The summed E-state index contributed by atoms with van der Waals surface area (Å²) in [5.74, 6) is -0.124. The molecule has 1 unspecified atom stereocenters. The van der Waals surface area contributed by atoms with Crippen LogP contribution in [0.2, 0.25) is 0 Å². The fourth-order valence-electron chi connectivity index (χ4n) is 2.02. The molecule has 0 aliphatic rings. The lowest BCUT2D eigenvalue weighted by Crippen LogP contribution is -2.26. The lowest BCUT2D eigenvalue weighted by atomic mass is 10.1. The Morgan fingerprint density at radius 3 is 2.65 bits per heavy atom. The molecule has 2 rings (SSSR count). The molecule has 0 saturated carbocycles. The van der Waals surface area contributed by atoms with Gasteiger partial charge in [0, 0.05) is 5.56 Å². The average molecular weight is 264 g/mol. The number of rotatable bonds is 4. The van der Waals surface area contributed by atoms with Gasteiger partial charge in [-0.15, -0.1) is 0 Å². The van der Waals surface area contributed by atoms with E-state index >= 15 is 0 Å². The monoisotopic (exact) mass is 264 g/mol. The zero-order valence-corrected chi connectivity index (χ0v) is 11.3. The van der Waals surface area contributed by atoms with E-state index < -0.39 is 0 Å². The van der Waals surface area contributed by atoms with Crippen molar-refractivity contribution >= 4 is 5.91 Å². The standard InChI is InChI=1S/C17H16N2O/c1-13(15-7-3-2-4-8-15)19-17(20)16-9-5-6-14(12-16)10-11-18/h2-9,12-13H,10H2,1H3,(H,19,20). The maximum absolute atomic E-state index is 12.2. The Hall–Kier alpha value is -2.60. The van der Waals surface area contributed by atoms with Crippen molar-refractivity contribution in [2.45, 2.75) is 19.4 Å². The Bertz CT molecular complexity index is 629. The minimum absolute atomic E-state index is 0.0525. The summed E-state index contributed by atoms with van der Waals surface area (Å²) in [6.07, 6.45) is 0.315. The second-order valence-electron chi connectivity index (χ2n) is 4.64. The van der Waals surface area contributed by atoms with Crippen LogP contribution in [0.15, 0.2) is 54.6 Å². The molecule has 0 saturated heterocycles. The first kappa shape index (κ1) is 13.8. The summed E-state index contributed by atoms with van der Waals surface area (Å²) in [6, 6.07) is 19.0.